The predicted octanol–water partition coefficient (Wildman–Crippen LogP) is 5.35. The number of ether oxygens (including phenoxy) is 3. The Bertz CT molecular complexity index is 1650. The van der Waals surface area contributed by atoms with Gasteiger partial charge in [-0.05, 0) is 92.8 Å². The van der Waals surface area contributed by atoms with E-state index in [9.17, 15) is 13.2 Å². The molecule has 2 fully saturated rings. The van der Waals surface area contributed by atoms with Crippen LogP contribution in [0.25, 0.3) is 0 Å². The summed E-state index contributed by atoms with van der Waals surface area (Å²) < 4.78 is 48.4. The van der Waals surface area contributed by atoms with Crippen LogP contribution in [0.3, 0.4) is 0 Å². The summed E-state index contributed by atoms with van der Waals surface area (Å²) in [5.74, 6) is 0.207. The van der Waals surface area contributed by atoms with E-state index in [0.29, 0.717) is 56.6 Å². The van der Waals surface area contributed by atoms with E-state index in [1.807, 2.05) is 25.1 Å². The molecule has 3 aliphatic heterocycles. The minimum absolute atomic E-state index is 0.134. The fourth-order valence-corrected chi connectivity index (χ4v) is 9.60. The average Bonchev–Trinajstić information content (AvgIpc) is 3.21. The van der Waals surface area contributed by atoms with Gasteiger partial charge in [-0.25, -0.2) is 13.1 Å². The number of morpholine rings is 1. The van der Waals surface area contributed by atoms with Gasteiger partial charge in [0.25, 0.3) is 5.91 Å². The number of hydrogen-bond donors (Lipinski definition) is 1. The number of aryl methyl sites for hydroxylation is 1. The highest BCUT2D eigenvalue weighted by atomic mass is 35.5. The van der Waals surface area contributed by atoms with Gasteiger partial charge in [0.1, 0.15) is 5.75 Å². The summed E-state index contributed by atoms with van der Waals surface area (Å²) in [5, 5.41) is -0.00891. The van der Waals surface area contributed by atoms with Crippen molar-refractivity contribution in [2.45, 2.75) is 75.2 Å². The van der Waals surface area contributed by atoms with Crippen molar-refractivity contribution >= 4 is 33.2 Å². The molecule has 0 unspecified atom stereocenters. The molecule has 0 aromatic heterocycles. The van der Waals surface area contributed by atoms with Crippen molar-refractivity contribution in [1.82, 2.24) is 9.62 Å². The summed E-state index contributed by atoms with van der Waals surface area (Å²) in [6, 6.07) is 11.7. The molecule has 1 N–H and O–H groups in total. The van der Waals surface area contributed by atoms with Gasteiger partial charge in [-0.3, -0.25) is 9.69 Å². The molecule has 5 aliphatic rings. The number of allylic oxidation sites excluding steroid dienone is 1. The molecule has 9 nitrogen and oxygen atoms in total. The third-order valence-electron chi connectivity index (χ3n) is 11.5. The molecular formula is C37H48ClN3O6S. The molecule has 1 saturated heterocycles. The lowest BCUT2D eigenvalue weighted by atomic mass is 9.70. The number of carbonyl (C=O) groups is 1. The van der Waals surface area contributed by atoms with E-state index in [0.717, 1.165) is 62.4 Å². The Kier molecular flexibility index (Phi) is 9.83. The number of sulfonamides is 1. The number of nitrogens with zero attached hydrogens (tertiary/aromatic N) is 2. The molecule has 2 aromatic rings. The van der Waals surface area contributed by atoms with Crippen molar-refractivity contribution in [2.75, 3.05) is 57.5 Å². The Morgan fingerprint density at radius 2 is 1.94 bits per heavy atom. The fraction of sp³-hybridized carbons (Fsp3) is 0.595. The van der Waals surface area contributed by atoms with E-state index in [1.54, 1.807) is 13.0 Å². The number of benzene rings is 2. The minimum Gasteiger partial charge on any atom is -0.490 e. The second kappa shape index (κ2) is 13.9. The Morgan fingerprint density at radius 1 is 1.06 bits per heavy atom. The third kappa shape index (κ3) is 6.88. The van der Waals surface area contributed by atoms with Crippen LogP contribution in [-0.2, 0) is 31.3 Å². The summed E-state index contributed by atoms with van der Waals surface area (Å²) in [6.07, 6.45) is 9.96. The van der Waals surface area contributed by atoms with Gasteiger partial charge < -0.3 is 19.1 Å². The number of nitrogens with one attached hydrogen (secondary N) is 1. The zero-order chi connectivity index (χ0) is 33.5. The second-order valence-corrected chi connectivity index (χ2v) is 17.1. The van der Waals surface area contributed by atoms with Gasteiger partial charge in [-0.1, -0.05) is 36.7 Å². The Balaban J connectivity index is 1.24. The number of anilines is 1. The molecule has 48 heavy (non-hydrogen) atoms. The number of halogens is 1. The Hall–Kier alpha value is -2.63. The van der Waals surface area contributed by atoms with E-state index in [2.05, 4.69) is 38.8 Å². The first-order valence-electron chi connectivity index (χ1n) is 17.6. The maximum Gasteiger partial charge on any atom is 0.264 e. The number of fused-ring (bicyclic) bond motifs is 5. The smallest absolute Gasteiger partial charge is 0.264 e. The predicted molar refractivity (Wildman–Crippen MR) is 188 cm³/mol. The van der Waals surface area contributed by atoms with Crippen molar-refractivity contribution in [3.8, 4) is 5.75 Å². The van der Waals surface area contributed by atoms with E-state index < -0.39 is 21.2 Å². The van der Waals surface area contributed by atoms with E-state index >= 15 is 0 Å². The van der Waals surface area contributed by atoms with Crippen LogP contribution in [0.4, 0.5) is 5.69 Å². The molecule has 0 radical (unpaired) electrons. The summed E-state index contributed by atoms with van der Waals surface area (Å²) in [6.45, 7) is 9.10. The quantitative estimate of drug-likeness (QED) is 0.368. The van der Waals surface area contributed by atoms with Crippen LogP contribution in [0.2, 0.25) is 5.02 Å². The molecule has 1 spiro atoms. The first-order valence-corrected chi connectivity index (χ1v) is 19.5. The molecule has 260 valence electrons. The van der Waals surface area contributed by atoms with E-state index in [1.165, 1.54) is 11.1 Å². The monoisotopic (exact) mass is 697 g/mol. The van der Waals surface area contributed by atoms with Gasteiger partial charge in [-0.15, -0.1) is 0 Å². The van der Waals surface area contributed by atoms with Crippen molar-refractivity contribution in [1.29, 1.82) is 0 Å². The number of hydrogen-bond acceptors (Lipinski definition) is 8. The molecule has 6 atom stereocenters. The van der Waals surface area contributed by atoms with Gasteiger partial charge >= 0.3 is 0 Å². The zero-order valence-corrected chi connectivity index (χ0v) is 29.6. The Labute approximate surface area is 290 Å². The van der Waals surface area contributed by atoms with Crippen LogP contribution in [0.5, 0.6) is 5.75 Å². The third-order valence-corrected chi connectivity index (χ3v) is 13.6. The van der Waals surface area contributed by atoms with Gasteiger partial charge in [0.2, 0.25) is 10.0 Å². The number of rotatable bonds is 0. The van der Waals surface area contributed by atoms with Crippen molar-refractivity contribution in [3.05, 3.63) is 70.3 Å². The summed E-state index contributed by atoms with van der Waals surface area (Å²) >= 11 is 6.44. The first kappa shape index (κ1) is 33.8. The van der Waals surface area contributed by atoms with Gasteiger partial charge in [0, 0.05) is 48.1 Å². The molecule has 11 heteroatoms. The number of carbonyl (C=O) groups excluding carboxylic acids is 1. The maximum atomic E-state index is 13.6. The van der Waals surface area contributed by atoms with E-state index in [-0.39, 0.29) is 23.5 Å². The molecular weight excluding hydrogens is 650 g/mol. The van der Waals surface area contributed by atoms with Crippen LogP contribution in [0.15, 0.2) is 48.6 Å². The molecule has 2 bridgehead atoms. The van der Waals surface area contributed by atoms with E-state index in [4.69, 9.17) is 25.8 Å². The molecule has 2 aromatic carbocycles. The fourth-order valence-electron chi connectivity index (χ4n) is 8.12. The summed E-state index contributed by atoms with van der Waals surface area (Å²) in [4.78, 5) is 18.3. The first-order chi connectivity index (χ1) is 23.1. The molecule has 1 amide bonds. The standard InChI is InChI=1S/C37H48ClN3O6S/c1-25-6-3-4-15-40-16-17-45-21-31(40)22-46-34-12-9-29(34)20-41-23-37(14-5-7-27-18-30(38)10-11-32(27)37)24-47-35-13-8-28(19-33(35)41)36(42)39-48(43,44)26(25)2/h3-4,8,10-11,13,18-19,25-26,29,31,34H,5-7,9,12,14-17,20-24H2,1-2H3,(H,39,42)/b4-3+/t25-,26+,29-,31-,34+,37-/m0/s1. The lowest BCUT2D eigenvalue weighted by Crippen LogP contribution is -2.51. The van der Waals surface area contributed by atoms with Gasteiger partial charge in [0.15, 0.2) is 0 Å². The highest BCUT2D eigenvalue weighted by Crippen LogP contribution is 2.46. The topological polar surface area (TPSA) is 97.4 Å². The molecule has 7 rings (SSSR count). The normalized spacial score (nSPS) is 33.4. The SMILES string of the molecule is C[C@@H]1[C@@H](C)C/C=C/CN2CCOC[C@H]2CO[C@@H]2CC[C@H]2CN2C[C@@]3(CCCc4cc(Cl)ccc43)COc3ccc(cc32)C(=O)NS1(=O)=O. The molecule has 1 saturated carbocycles. The highest BCUT2D eigenvalue weighted by Gasteiger charge is 2.44. The largest absolute Gasteiger partial charge is 0.490 e. The Morgan fingerprint density at radius 3 is 2.77 bits per heavy atom. The van der Waals surface area contributed by atoms with Crippen LogP contribution in [0, 0.1) is 11.8 Å². The van der Waals surface area contributed by atoms with Crippen LogP contribution in [0.1, 0.15) is 67.4 Å². The zero-order valence-electron chi connectivity index (χ0n) is 28.0. The van der Waals surface area contributed by atoms with Crippen molar-refractivity contribution in [3.63, 3.8) is 0 Å². The highest BCUT2D eigenvalue weighted by molar-refractivity contribution is 7.90. The molecule has 3 heterocycles. The minimum atomic E-state index is -3.92. The van der Waals surface area contributed by atoms with Crippen molar-refractivity contribution in [2.24, 2.45) is 11.8 Å². The number of amides is 1. The maximum absolute atomic E-state index is 13.6. The van der Waals surface area contributed by atoms with Crippen LogP contribution < -0.4 is 14.4 Å². The van der Waals surface area contributed by atoms with Gasteiger partial charge in [0.05, 0.1) is 49.5 Å². The van der Waals surface area contributed by atoms with Crippen molar-refractivity contribution < 1.29 is 27.4 Å². The summed E-state index contributed by atoms with van der Waals surface area (Å²) in [7, 11) is -3.92. The lowest BCUT2D eigenvalue weighted by molar-refractivity contribution is -0.0924. The van der Waals surface area contributed by atoms with Crippen LogP contribution in [-0.4, -0.2) is 89.2 Å². The van der Waals surface area contributed by atoms with Gasteiger partial charge in [-0.2, -0.15) is 0 Å². The average molecular weight is 698 g/mol. The summed E-state index contributed by atoms with van der Waals surface area (Å²) in [5.41, 5.74) is 3.40. The lowest BCUT2D eigenvalue weighted by Gasteiger charge is -2.45. The second-order valence-electron chi connectivity index (χ2n) is 14.6. The molecule has 2 aliphatic carbocycles. The van der Waals surface area contributed by atoms with Crippen LogP contribution >= 0.6 is 11.6 Å².